The number of Topliss-reactive ketones (excluding diaryl/α,β-unsaturated/α-hetero) is 1. The second-order valence-corrected chi connectivity index (χ2v) is 11.8. The fourth-order valence-corrected chi connectivity index (χ4v) is 6.36. The molecule has 0 bridgehead atoms. The number of rotatable bonds is 11. The van der Waals surface area contributed by atoms with Crippen LogP contribution in [0.15, 0.2) is 72.3 Å². The van der Waals surface area contributed by atoms with Crippen LogP contribution in [-0.4, -0.2) is 54.1 Å². The summed E-state index contributed by atoms with van der Waals surface area (Å²) >= 11 is 1.32. The van der Waals surface area contributed by atoms with Crippen LogP contribution in [0.1, 0.15) is 53.8 Å². The fraction of sp³-hybridized carbons (Fsp3) is 0.344. The number of thiophene rings is 1. The highest BCUT2D eigenvalue weighted by Gasteiger charge is 2.34. The van der Waals surface area contributed by atoms with E-state index in [1.54, 1.807) is 12.1 Å². The molecular weight excluding hydrogens is 552 g/mol. The van der Waals surface area contributed by atoms with Crippen LogP contribution in [0, 0.1) is 0 Å². The van der Waals surface area contributed by atoms with E-state index >= 15 is 0 Å². The van der Waals surface area contributed by atoms with Crippen LogP contribution in [0.2, 0.25) is 0 Å². The lowest BCUT2D eigenvalue weighted by Gasteiger charge is -2.25. The van der Waals surface area contributed by atoms with Gasteiger partial charge >= 0.3 is 0 Å². The number of hydrogen-bond donors (Lipinski definition) is 4. The molecule has 0 spiro atoms. The number of carbonyl (C=O) groups is 5. The third kappa shape index (κ3) is 7.30. The number of ketones is 1. The van der Waals surface area contributed by atoms with E-state index in [4.69, 9.17) is 0 Å². The van der Waals surface area contributed by atoms with E-state index in [2.05, 4.69) is 21.3 Å². The lowest BCUT2D eigenvalue weighted by Crippen LogP contribution is -2.55. The Morgan fingerprint density at radius 2 is 1.62 bits per heavy atom. The molecule has 0 saturated heterocycles. The zero-order valence-electron chi connectivity index (χ0n) is 23.2. The first-order chi connectivity index (χ1) is 20.4. The topological polar surface area (TPSA) is 133 Å². The molecule has 9 nitrogen and oxygen atoms in total. The van der Waals surface area contributed by atoms with Crippen LogP contribution in [0.3, 0.4) is 0 Å². The summed E-state index contributed by atoms with van der Waals surface area (Å²) in [5.74, 6) is -2.96. The maximum atomic E-state index is 13.7. The second-order valence-electron chi connectivity index (χ2n) is 10.7. The molecule has 3 aromatic rings. The Morgan fingerprint density at radius 1 is 0.881 bits per heavy atom. The van der Waals surface area contributed by atoms with Gasteiger partial charge in [-0.2, -0.15) is 0 Å². The third-order valence-electron chi connectivity index (χ3n) is 7.68. The molecule has 2 atom stereocenters. The van der Waals surface area contributed by atoms with Crippen molar-refractivity contribution in [1.29, 1.82) is 0 Å². The van der Waals surface area contributed by atoms with Gasteiger partial charge in [0.1, 0.15) is 12.1 Å². The van der Waals surface area contributed by atoms with E-state index in [1.807, 2.05) is 54.6 Å². The van der Waals surface area contributed by atoms with Gasteiger partial charge in [-0.3, -0.25) is 24.0 Å². The Labute approximate surface area is 248 Å². The van der Waals surface area contributed by atoms with Crippen LogP contribution in [0.5, 0.6) is 0 Å². The molecule has 0 unspecified atom stereocenters. The lowest BCUT2D eigenvalue weighted by molar-refractivity contribution is -0.140. The molecule has 1 aliphatic carbocycles. The van der Waals surface area contributed by atoms with E-state index in [-0.39, 0.29) is 24.8 Å². The predicted octanol–water partition coefficient (Wildman–Crippen LogP) is 3.19. The van der Waals surface area contributed by atoms with Crippen molar-refractivity contribution in [3.8, 4) is 0 Å². The first-order valence-electron chi connectivity index (χ1n) is 14.3. The van der Waals surface area contributed by atoms with Crippen LogP contribution >= 0.6 is 11.3 Å². The fourth-order valence-electron chi connectivity index (χ4n) is 5.39. The van der Waals surface area contributed by atoms with Gasteiger partial charge in [-0.05, 0) is 35.9 Å². The highest BCUT2D eigenvalue weighted by Crippen LogP contribution is 2.25. The molecule has 10 heteroatoms. The molecule has 1 saturated carbocycles. The maximum absolute atomic E-state index is 13.7. The molecular formula is C32H34N4O5S. The van der Waals surface area contributed by atoms with Gasteiger partial charge in [-0.15, -0.1) is 11.3 Å². The number of hydrogen-bond acceptors (Lipinski definition) is 6. The number of nitrogens with one attached hydrogen (secondary N) is 4. The molecule has 42 heavy (non-hydrogen) atoms. The molecule has 1 fully saturated rings. The summed E-state index contributed by atoms with van der Waals surface area (Å²) in [5, 5.41) is 11.9. The van der Waals surface area contributed by atoms with Gasteiger partial charge < -0.3 is 21.3 Å². The Kier molecular flexibility index (Phi) is 9.43. The largest absolute Gasteiger partial charge is 0.349 e. The van der Waals surface area contributed by atoms with Crippen LogP contribution in [0.4, 0.5) is 0 Å². The van der Waals surface area contributed by atoms with Gasteiger partial charge in [-0.25, -0.2) is 0 Å². The van der Waals surface area contributed by atoms with Gasteiger partial charge in [0.15, 0.2) is 0 Å². The number of fused-ring (bicyclic) bond motifs is 1. The van der Waals surface area contributed by atoms with Gasteiger partial charge in [-0.1, -0.05) is 73.9 Å². The van der Waals surface area contributed by atoms with Crippen LogP contribution < -0.4 is 21.3 Å². The first kappa shape index (κ1) is 29.2. The van der Waals surface area contributed by atoms with Gasteiger partial charge in [0, 0.05) is 35.7 Å². The van der Waals surface area contributed by atoms with Gasteiger partial charge in [0.25, 0.3) is 11.8 Å². The molecule has 2 aliphatic rings. The van der Waals surface area contributed by atoms with Crippen molar-refractivity contribution in [2.24, 2.45) is 0 Å². The Morgan fingerprint density at radius 3 is 2.33 bits per heavy atom. The average Bonchev–Trinajstić information content (AvgIpc) is 3.63. The minimum absolute atomic E-state index is 0.0908. The van der Waals surface area contributed by atoms with Crippen molar-refractivity contribution in [1.82, 2.24) is 21.3 Å². The molecule has 2 heterocycles. The number of carbonyl (C=O) groups excluding carboxylic acids is 5. The predicted molar refractivity (Wildman–Crippen MR) is 161 cm³/mol. The monoisotopic (exact) mass is 586 g/mol. The highest BCUT2D eigenvalue weighted by molar-refractivity contribution is 7.20. The summed E-state index contributed by atoms with van der Waals surface area (Å²) in [4.78, 5) is 66.2. The minimum Gasteiger partial charge on any atom is -0.349 e. The van der Waals surface area contributed by atoms with E-state index in [0.717, 1.165) is 47.8 Å². The summed E-state index contributed by atoms with van der Waals surface area (Å²) in [6, 6.07) is 16.2. The molecule has 2 aromatic carbocycles. The van der Waals surface area contributed by atoms with E-state index < -0.39 is 35.6 Å². The minimum atomic E-state index is -1.27. The number of amides is 4. The average molecular weight is 587 g/mol. The molecule has 1 aliphatic heterocycles. The Balaban J connectivity index is 1.35. The normalized spacial score (nSPS) is 16.7. The van der Waals surface area contributed by atoms with E-state index in [1.165, 1.54) is 11.3 Å². The molecule has 4 N–H and O–H groups in total. The molecule has 4 amide bonds. The standard InChI is InChI=1S/C32H34N4O5S/c37-28(32(41)34-23-12-5-2-6-13-23)24(18-22-15-16-33-29(22)38)35-30(39)25(17-20-9-3-1-4-10-20)36-31(40)27-19-21-11-7-8-14-26(21)42-27/h1,3-4,7-11,14-15,19,23-25H,2,5-6,12-13,16-18H2,(H,33,38)(H,34,41)(H,35,39)(H,36,40)/t24-,25-/m0/s1. The summed E-state index contributed by atoms with van der Waals surface area (Å²) < 4.78 is 0.949. The summed E-state index contributed by atoms with van der Waals surface area (Å²) in [6.45, 7) is 0.319. The lowest BCUT2D eigenvalue weighted by atomic mass is 9.94. The summed E-state index contributed by atoms with van der Waals surface area (Å²) in [7, 11) is 0. The van der Waals surface area contributed by atoms with Crippen molar-refractivity contribution in [3.05, 3.63) is 82.8 Å². The zero-order chi connectivity index (χ0) is 29.5. The Bertz CT molecular complexity index is 1480. The van der Waals surface area contributed by atoms with E-state index in [9.17, 15) is 24.0 Å². The van der Waals surface area contributed by atoms with Gasteiger partial charge in [0.05, 0.1) is 4.88 Å². The highest BCUT2D eigenvalue weighted by atomic mass is 32.1. The molecule has 218 valence electrons. The van der Waals surface area contributed by atoms with Crippen molar-refractivity contribution >= 4 is 50.8 Å². The first-order valence-corrected chi connectivity index (χ1v) is 15.1. The summed E-state index contributed by atoms with van der Waals surface area (Å²) in [6.07, 6.45) is 6.34. The van der Waals surface area contributed by atoms with E-state index in [0.29, 0.717) is 17.0 Å². The second kappa shape index (κ2) is 13.6. The quantitative estimate of drug-likeness (QED) is 0.256. The van der Waals surface area contributed by atoms with Gasteiger partial charge in [0.2, 0.25) is 17.6 Å². The van der Waals surface area contributed by atoms with Crippen molar-refractivity contribution in [2.75, 3.05) is 6.54 Å². The molecule has 1 aromatic heterocycles. The van der Waals surface area contributed by atoms with Crippen molar-refractivity contribution in [2.45, 2.75) is 63.1 Å². The SMILES string of the molecule is O=C(NC1CCCCC1)C(=O)[C@H](CC1=CCNC1=O)NC(=O)[C@H](Cc1ccccc1)NC(=O)c1cc2ccccc2s1. The van der Waals surface area contributed by atoms with Crippen LogP contribution in [-0.2, 0) is 25.6 Å². The Hall–Kier alpha value is -4.31. The molecule has 0 radical (unpaired) electrons. The van der Waals surface area contributed by atoms with Crippen LogP contribution in [0.25, 0.3) is 10.1 Å². The molecule has 5 rings (SSSR count). The third-order valence-corrected chi connectivity index (χ3v) is 8.79. The smallest absolute Gasteiger partial charge is 0.289 e. The number of benzene rings is 2. The van der Waals surface area contributed by atoms with Crippen molar-refractivity contribution < 1.29 is 24.0 Å². The zero-order valence-corrected chi connectivity index (χ0v) is 24.0. The maximum Gasteiger partial charge on any atom is 0.289 e. The van der Waals surface area contributed by atoms with Crippen molar-refractivity contribution in [3.63, 3.8) is 0 Å². The summed E-state index contributed by atoms with van der Waals surface area (Å²) in [5.41, 5.74) is 1.14.